The third-order valence-electron chi connectivity index (χ3n) is 6.31. The molecule has 0 radical (unpaired) electrons. The van der Waals surface area contributed by atoms with Gasteiger partial charge in [-0.2, -0.15) is 0 Å². The molecular formula is C24H40FN5O2. The van der Waals surface area contributed by atoms with E-state index in [1.165, 1.54) is 0 Å². The van der Waals surface area contributed by atoms with Gasteiger partial charge in [-0.3, -0.25) is 4.99 Å². The number of ether oxygens (including phenoxy) is 2. The van der Waals surface area contributed by atoms with Crippen LogP contribution in [0.1, 0.15) is 31.7 Å². The van der Waals surface area contributed by atoms with Crippen LogP contribution < -0.4 is 15.5 Å². The Hall–Kier alpha value is -1.90. The zero-order valence-electron chi connectivity index (χ0n) is 19.7. The second-order valence-electron chi connectivity index (χ2n) is 8.54. The number of halogens is 1. The molecule has 2 aliphatic rings. The van der Waals surface area contributed by atoms with Crippen LogP contribution in [-0.2, 0) is 16.0 Å². The van der Waals surface area contributed by atoms with Gasteiger partial charge in [0.15, 0.2) is 5.96 Å². The number of hydrogen-bond donors (Lipinski definition) is 2. The number of rotatable bonds is 10. The Kier molecular flexibility index (Phi) is 10.5. The molecule has 2 heterocycles. The van der Waals surface area contributed by atoms with E-state index in [1.54, 1.807) is 13.1 Å². The maximum absolute atomic E-state index is 14.7. The minimum atomic E-state index is -0.154. The molecule has 32 heavy (non-hydrogen) atoms. The zero-order valence-corrected chi connectivity index (χ0v) is 19.7. The number of likely N-dealkylation sites (N-methyl/N-ethyl adjacent to an activating group) is 1. The number of piperazine rings is 1. The van der Waals surface area contributed by atoms with E-state index in [4.69, 9.17) is 9.47 Å². The molecule has 180 valence electrons. The second kappa shape index (κ2) is 13.6. The van der Waals surface area contributed by atoms with Crippen LogP contribution in [0.3, 0.4) is 0 Å². The number of benzene rings is 1. The molecule has 2 aliphatic heterocycles. The number of nitrogens with one attached hydrogen (secondary N) is 2. The Labute approximate surface area is 192 Å². The first-order valence-corrected chi connectivity index (χ1v) is 12.0. The molecule has 2 saturated heterocycles. The van der Waals surface area contributed by atoms with Crippen molar-refractivity contribution in [1.82, 2.24) is 15.5 Å². The minimum absolute atomic E-state index is 0.154. The van der Waals surface area contributed by atoms with E-state index >= 15 is 0 Å². The van der Waals surface area contributed by atoms with Gasteiger partial charge < -0.3 is 29.9 Å². The van der Waals surface area contributed by atoms with Gasteiger partial charge in [-0.1, -0.05) is 13.0 Å². The van der Waals surface area contributed by atoms with Crippen molar-refractivity contribution in [2.45, 2.75) is 32.7 Å². The Bertz CT molecular complexity index is 704. The molecule has 0 unspecified atom stereocenters. The van der Waals surface area contributed by atoms with E-state index in [0.717, 1.165) is 96.5 Å². The molecule has 0 atom stereocenters. The summed E-state index contributed by atoms with van der Waals surface area (Å²) in [6.45, 7) is 11.5. The van der Waals surface area contributed by atoms with Gasteiger partial charge in [0.25, 0.3) is 0 Å². The molecule has 7 nitrogen and oxygen atoms in total. The first-order valence-electron chi connectivity index (χ1n) is 12.0. The van der Waals surface area contributed by atoms with Crippen molar-refractivity contribution in [1.29, 1.82) is 0 Å². The monoisotopic (exact) mass is 449 g/mol. The Morgan fingerprint density at radius 1 is 1.19 bits per heavy atom. The fourth-order valence-electron chi connectivity index (χ4n) is 4.17. The molecule has 0 aromatic heterocycles. The number of guanidine groups is 1. The smallest absolute Gasteiger partial charge is 0.191 e. The molecule has 2 fully saturated rings. The summed E-state index contributed by atoms with van der Waals surface area (Å²) in [5.41, 5.74) is 1.61. The molecule has 0 aliphatic carbocycles. The van der Waals surface area contributed by atoms with E-state index in [1.807, 2.05) is 12.1 Å². The van der Waals surface area contributed by atoms with Gasteiger partial charge in [-0.05, 0) is 49.4 Å². The van der Waals surface area contributed by atoms with E-state index in [-0.39, 0.29) is 5.82 Å². The maximum atomic E-state index is 14.7. The standard InChI is InChI=1S/C24H40FN5O2/c1-3-29-10-12-30(13-11-29)23-6-5-21(17-22(23)25)18-28-24(26-2)27-9-4-14-32-19-20-7-15-31-16-8-20/h5-6,17,20H,3-4,7-16,18-19H2,1-2H3,(H2,26,27,28). The molecular weight excluding hydrogens is 409 g/mol. The van der Waals surface area contributed by atoms with Gasteiger partial charge in [0.05, 0.1) is 5.69 Å². The summed E-state index contributed by atoms with van der Waals surface area (Å²) >= 11 is 0. The number of nitrogens with zero attached hydrogens (tertiary/aromatic N) is 3. The van der Waals surface area contributed by atoms with Crippen LogP contribution in [0.5, 0.6) is 0 Å². The highest BCUT2D eigenvalue weighted by molar-refractivity contribution is 5.79. The largest absolute Gasteiger partial charge is 0.381 e. The van der Waals surface area contributed by atoms with Gasteiger partial charge in [0.2, 0.25) is 0 Å². The summed E-state index contributed by atoms with van der Waals surface area (Å²) in [4.78, 5) is 8.79. The minimum Gasteiger partial charge on any atom is -0.381 e. The van der Waals surface area contributed by atoms with Crippen LogP contribution in [-0.4, -0.2) is 83.6 Å². The van der Waals surface area contributed by atoms with Crippen LogP contribution in [0.2, 0.25) is 0 Å². The summed E-state index contributed by atoms with van der Waals surface area (Å²) in [5, 5.41) is 6.56. The van der Waals surface area contributed by atoms with E-state index in [0.29, 0.717) is 18.2 Å². The summed E-state index contributed by atoms with van der Waals surface area (Å²) in [5.74, 6) is 1.20. The molecule has 1 aromatic rings. The highest BCUT2D eigenvalue weighted by Gasteiger charge is 2.18. The number of hydrogen-bond acceptors (Lipinski definition) is 5. The predicted molar refractivity (Wildman–Crippen MR) is 128 cm³/mol. The summed E-state index contributed by atoms with van der Waals surface area (Å²) in [6.07, 6.45) is 3.12. The van der Waals surface area contributed by atoms with Crippen molar-refractivity contribution in [3.8, 4) is 0 Å². The fraction of sp³-hybridized carbons (Fsp3) is 0.708. The quantitative estimate of drug-likeness (QED) is 0.325. The summed E-state index contributed by atoms with van der Waals surface area (Å²) < 4.78 is 25.9. The molecule has 1 aromatic carbocycles. The molecule has 8 heteroatoms. The van der Waals surface area contributed by atoms with Gasteiger partial charge in [-0.25, -0.2) is 4.39 Å². The number of aliphatic imine (C=N–C) groups is 1. The lowest BCUT2D eigenvalue weighted by Gasteiger charge is -2.35. The highest BCUT2D eigenvalue weighted by atomic mass is 19.1. The van der Waals surface area contributed by atoms with Crippen LogP contribution in [0.25, 0.3) is 0 Å². The van der Waals surface area contributed by atoms with Gasteiger partial charge >= 0.3 is 0 Å². The molecule has 0 saturated carbocycles. The zero-order chi connectivity index (χ0) is 22.6. The average molecular weight is 450 g/mol. The third-order valence-corrected chi connectivity index (χ3v) is 6.31. The first-order chi connectivity index (χ1) is 15.7. The van der Waals surface area contributed by atoms with Crippen molar-refractivity contribution in [2.24, 2.45) is 10.9 Å². The van der Waals surface area contributed by atoms with Crippen LogP contribution in [0, 0.1) is 11.7 Å². The van der Waals surface area contributed by atoms with Gasteiger partial charge in [-0.15, -0.1) is 0 Å². The van der Waals surface area contributed by atoms with Gasteiger partial charge in [0, 0.05) is 72.7 Å². The Morgan fingerprint density at radius 2 is 1.97 bits per heavy atom. The van der Waals surface area contributed by atoms with Crippen molar-refractivity contribution in [2.75, 3.05) is 77.6 Å². The lowest BCUT2D eigenvalue weighted by atomic mass is 10.0. The molecule has 0 spiro atoms. The van der Waals surface area contributed by atoms with Crippen LogP contribution >= 0.6 is 0 Å². The van der Waals surface area contributed by atoms with Crippen molar-refractivity contribution >= 4 is 11.6 Å². The lowest BCUT2D eigenvalue weighted by Crippen LogP contribution is -2.46. The second-order valence-corrected chi connectivity index (χ2v) is 8.54. The Morgan fingerprint density at radius 3 is 2.66 bits per heavy atom. The highest BCUT2D eigenvalue weighted by Crippen LogP contribution is 2.22. The third kappa shape index (κ3) is 7.90. The van der Waals surface area contributed by atoms with Crippen molar-refractivity contribution in [3.05, 3.63) is 29.6 Å². The molecule has 2 N–H and O–H groups in total. The lowest BCUT2D eigenvalue weighted by molar-refractivity contribution is 0.0203. The SMILES string of the molecule is CCN1CCN(c2ccc(CNC(=NC)NCCCOCC3CCOCC3)cc2F)CC1. The first kappa shape index (κ1) is 24.7. The molecule has 0 amide bonds. The Balaban J connectivity index is 1.33. The van der Waals surface area contributed by atoms with E-state index < -0.39 is 0 Å². The number of anilines is 1. The van der Waals surface area contributed by atoms with Crippen molar-refractivity contribution in [3.63, 3.8) is 0 Å². The van der Waals surface area contributed by atoms with Crippen molar-refractivity contribution < 1.29 is 13.9 Å². The van der Waals surface area contributed by atoms with Gasteiger partial charge in [0.1, 0.15) is 5.82 Å². The average Bonchev–Trinajstić information content (AvgIpc) is 2.84. The summed E-state index contributed by atoms with van der Waals surface area (Å²) in [7, 11) is 1.75. The molecule has 3 rings (SSSR count). The van der Waals surface area contributed by atoms with Crippen LogP contribution in [0.4, 0.5) is 10.1 Å². The van der Waals surface area contributed by atoms with E-state index in [9.17, 15) is 4.39 Å². The topological polar surface area (TPSA) is 61.4 Å². The van der Waals surface area contributed by atoms with Crippen LogP contribution in [0.15, 0.2) is 23.2 Å². The molecule has 0 bridgehead atoms. The maximum Gasteiger partial charge on any atom is 0.191 e. The predicted octanol–water partition coefficient (Wildman–Crippen LogP) is 2.47. The normalized spacial score (nSPS) is 18.7. The summed E-state index contributed by atoms with van der Waals surface area (Å²) in [6, 6.07) is 5.53. The fourth-order valence-corrected chi connectivity index (χ4v) is 4.17. The van der Waals surface area contributed by atoms with E-state index in [2.05, 4.69) is 32.3 Å².